The molecule has 8 nitrogen and oxygen atoms in total. The number of benzene rings is 6. The third-order valence-electron chi connectivity index (χ3n) is 9.39. The van der Waals surface area contributed by atoms with Crippen LogP contribution in [-0.4, -0.2) is 38.6 Å². The predicted molar refractivity (Wildman–Crippen MR) is 202 cm³/mol. The predicted octanol–water partition coefficient (Wildman–Crippen LogP) is 9.49. The lowest BCUT2D eigenvalue weighted by molar-refractivity contribution is 1.06. The summed E-state index contributed by atoms with van der Waals surface area (Å²) in [5.74, 6) is 1.83. The highest BCUT2D eigenvalue weighted by Gasteiger charge is 2.15. The minimum Gasteiger partial charge on any atom is -0.324 e. The highest BCUT2D eigenvalue weighted by atomic mass is 15.0. The molecule has 0 aliphatic carbocycles. The molecule has 0 aliphatic heterocycles. The standard InChI is InChI=1S/C43H28N8/c1-2-18-49(17-1)38-12-9-29-3-6-32(21-35(29)24-38)41-46-42(33-7-4-30-10-13-39(25-36(30)22-33)50-19-15-44-27-50)48-43(47-41)34-8-5-31-11-14-40(26-37(31)23-34)51-20-16-45-28-51/h1-28H. The van der Waals surface area contributed by atoms with Gasteiger partial charge in [-0.05, 0) is 99.0 Å². The normalized spacial score (nSPS) is 11.5. The third-order valence-corrected chi connectivity index (χ3v) is 9.39. The number of fused-ring (bicyclic) bond motifs is 3. The first-order valence-electron chi connectivity index (χ1n) is 16.7. The van der Waals surface area contributed by atoms with Gasteiger partial charge in [0.25, 0.3) is 0 Å². The molecule has 0 N–H and O–H groups in total. The van der Waals surface area contributed by atoms with Gasteiger partial charge in [0, 0.05) is 70.9 Å². The second-order valence-corrected chi connectivity index (χ2v) is 12.6. The lowest BCUT2D eigenvalue weighted by atomic mass is 10.0. The quantitative estimate of drug-likeness (QED) is 0.178. The van der Waals surface area contributed by atoms with Gasteiger partial charge in [-0.2, -0.15) is 0 Å². The van der Waals surface area contributed by atoms with Crippen LogP contribution in [-0.2, 0) is 0 Å². The summed E-state index contributed by atoms with van der Waals surface area (Å²) in [7, 11) is 0. The lowest BCUT2D eigenvalue weighted by Gasteiger charge is -2.11. The van der Waals surface area contributed by atoms with E-state index in [-0.39, 0.29) is 0 Å². The van der Waals surface area contributed by atoms with Gasteiger partial charge in [-0.15, -0.1) is 0 Å². The first kappa shape index (κ1) is 28.8. The number of hydrogen-bond donors (Lipinski definition) is 0. The Hall–Kier alpha value is -7.19. The maximum atomic E-state index is 5.11. The molecule has 0 fully saturated rings. The molecule has 10 rings (SSSR count). The molecule has 0 aliphatic rings. The van der Waals surface area contributed by atoms with E-state index in [0.717, 1.165) is 66.1 Å². The van der Waals surface area contributed by atoms with Crippen LogP contribution in [0, 0.1) is 0 Å². The summed E-state index contributed by atoms with van der Waals surface area (Å²) in [5.41, 5.74) is 5.91. The largest absolute Gasteiger partial charge is 0.324 e. The molecule has 0 amide bonds. The molecule has 4 heterocycles. The number of nitrogens with zero attached hydrogens (tertiary/aromatic N) is 8. The van der Waals surface area contributed by atoms with E-state index in [1.807, 2.05) is 46.3 Å². The van der Waals surface area contributed by atoms with Crippen LogP contribution in [0.2, 0.25) is 0 Å². The molecule has 0 saturated carbocycles. The minimum atomic E-state index is 0.610. The maximum absolute atomic E-state index is 5.11. The van der Waals surface area contributed by atoms with Crippen LogP contribution in [0.4, 0.5) is 0 Å². The van der Waals surface area contributed by atoms with Crippen LogP contribution in [0.3, 0.4) is 0 Å². The summed E-state index contributed by atoms with van der Waals surface area (Å²) < 4.78 is 6.12. The Labute approximate surface area is 292 Å². The van der Waals surface area contributed by atoms with Crippen LogP contribution in [0.1, 0.15) is 0 Å². The Morgan fingerprint density at radius 1 is 0.333 bits per heavy atom. The van der Waals surface area contributed by atoms with E-state index < -0.39 is 0 Å². The van der Waals surface area contributed by atoms with Crippen LogP contribution >= 0.6 is 0 Å². The van der Waals surface area contributed by atoms with Crippen molar-refractivity contribution in [3.8, 4) is 51.2 Å². The summed E-state index contributed by atoms with van der Waals surface area (Å²) in [6, 6.07) is 42.5. The van der Waals surface area contributed by atoms with E-state index in [1.54, 1.807) is 12.4 Å². The number of imidazole rings is 2. The summed E-state index contributed by atoms with van der Waals surface area (Å²) in [4.78, 5) is 23.8. The van der Waals surface area contributed by atoms with Crippen molar-refractivity contribution in [1.82, 2.24) is 38.6 Å². The van der Waals surface area contributed by atoms with Crippen molar-refractivity contribution in [3.05, 3.63) is 171 Å². The molecule has 240 valence electrons. The van der Waals surface area contributed by atoms with Crippen molar-refractivity contribution < 1.29 is 0 Å². The van der Waals surface area contributed by atoms with Crippen molar-refractivity contribution in [2.75, 3.05) is 0 Å². The molecule has 51 heavy (non-hydrogen) atoms. The summed E-state index contributed by atoms with van der Waals surface area (Å²) >= 11 is 0. The molecule has 10 aromatic rings. The molecule has 0 unspecified atom stereocenters. The fraction of sp³-hybridized carbons (Fsp3) is 0. The lowest BCUT2D eigenvalue weighted by Crippen LogP contribution is -2.00. The fourth-order valence-corrected chi connectivity index (χ4v) is 6.70. The Bertz CT molecular complexity index is 2530. The molecule has 0 bridgehead atoms. The summed E-state index contributed by atoms with van der Waals surface area (Å²) in [6.45, 7) is 0. The van der Waals surface area contributed by atoms with Crippen molar-refractivity contribution in [2.24, 2.45) is 0 Å². The maximum Gasteiger partial charge on any atom is 0.164 e. The van der Waals surface area contributed by atoms with Crippen LogP contribution in [0.5, 0.6) is 0 Å². The molecule has 8 heteroatoms. The van der Waals surface area contributed by atoms with Gasteiger partial charge in [0.1, 0.15) is 0 Å². The molecule has 0 atom stereocenters. The van der Waals surface area contributed by atoms with E-state index in [4.69, 9.17) is 15.0 Å². The Balaban J connectivity index is 1.14. The van der Waals surface area contributed by atoms with Crippen LogP contribution in [0.25, 0.3) is 83.5 Å². The second-order valence-electron chi connectivity index (χ2n) is 12.6. The van der Waals surface area contributed by atoms with Crippen molar-refractivity contribution >= 4 is 32.3 Å². The summed E-state index contributed by atoms with van der Waals surface area (Å²) in [5, 5.41) is 6.70. The molecule has 0 saturated heterocycles. The molecular formula is C43H28N8. The Morgan fingerprint density at radius 3 is 1.08 bits per heavy atom. The first-order valence-corrected chi connectivity index (χ1v) is 16.7. The van der Waals surface area contributed by atoms with Gasteiger partial charge >= 0.3 is 0 Å². The average molecular weight is 657 g/mol. The van der Waals surface area contributed by atoms with Gasteiger partial charge in [0.15, 0.2) is 17.5 Å². The van der Waals surface area contributed by atoms with E-state index >= 15 is 0 Å². The van der Waals surface area contributed by atoms with Gasteiger partial charge in [-0.1, -0.05) is 54.6 Å². The second kappa shape index (κ2) is 11.7. The van der Waals surface area contributed by atoms with Crippen molar-refractivity contribution in [1.29, 1.82) is 0 Å². The number of rotatable bonds is 6. The molecule has 4 aromatic heterocycles. The van der Waals surface area contributed by atoms with E-state index in [9.17, 15) is 0 Å². The smallest absolute Gasteiger partial charge is 0.164 e. The summed E-state index contributed by atoms with van der Waals surface area (Å²) in [6.07, 6.45) is 15.2. The zero-order valence-corrected chi connectivity index (χ0v) is 27.2. The zero-order valence-electron chi connectivity index (χ0n) is 27.2. The fourth-order valence-electron chi connectivity index (χ4n) is 6.70. The molecular weight excluding hydrogens is 629 g/mol. The molecule has 6 aromatic carbocycles. The van der Waals surface area contributed by atoms with E-state index in [0.29, 0.717) is 17.5 Å². The highest BCUT2D eigenvalue weighted by Crippen LogP contribution is 2.31. The third kappa shape index (κ3) is 5.32. The Kier molecular flexibility index (Phi) is 6.63. The number of hydrogen-bond acceptors (Lipinski definition) is 5. The minimum absolute atomic E-state index is 0.610. The van der Waals surface area contributed by atoms with Crippen molar-refractivity contribution in [3.63, 3.8) is 0 Å². The Morgan fingerprint density at radius 2 is 0.706 bits per heavy atom. The van der Waals surface area contributed by atoms with Crippen molar-refractivity contribution in [2.45, 2.75) is 0 Å². The highest BCUT2D eigenvalue weighted by molar-refractivity contribution is 5.91. The van der Waals surface area contributed by atoms with Gasteiger partial charge in [0.2, 0.25) is 0 Å². The monoisotopic (exact) mass is 656 g/mol. The first-order chi connectivity index (χ1) is 25.2. The zero-order chi connectivity index (χ0) is 33.7. The topological polar surface area (TPSA) is 79.2 Å². The van der Waals surface area contributed by atoms with Crippen LogP contribution < -0.4 is 0 Å². The van der Waals surface area contributed by atoms with Gasteiger partial charge in [-0.25, -0.2) is 24.9 Å². The average Bonchev–Trinajstić information content (AvgIpc) is 4.02. The van der Waals surface area contributed by atoms with E-state index in [2.05, 4.69) is 136 Å². The van der Waals surface area contributed by atoms with E-state index in [1.165, 1.54) is 0 Å². The van der Waals surface area contributed by atoms with Gasteiger partial charge in [0.05, 0.1) is 12.7 Å². The molecule has 0 radical (unpaired) electrons. The SMILES string of the molecule is c1ccn(-c2ccc3ccc(-c4nc(-c5ccc6ccc(-n7ccnc7)cc6c5)nc(-c5ccc6ccc(-n7ccnc7)cc6c5)n4)cc3c2)c1. The van der Waals surface area contributed by atoms with Crippen LogP contribution in [0.15, 0.2) is 171 Å². The van der Waals surface area contributed by atoms with Gasteiger partial charge in [-0.3, -0.25) is 0 Å². The van der Waals surface area contributed by atoms with Gasteiger partial charge < -0.3 is 13.7 Å². The number of aromatic nitrogens is 8. The molecule has 0 spiro atoms.